The number of rotatable bonds is 4. The van der Waals surface area contributed by atoms with Crippen LogP contribution in [0.2, 0.25) is 0 Å². The summed E-state index contributed by atoms with van der Waals surface area (Å²) in [6.07, 6.45) is 6.58. The quantitative estimate of drug-likeness (QED) is 0.888. The first-order valence-electron chi connectivity index (χ1n) is 9.58. The molecule has 0 radical (unpaired) electrons. The first kappa shape index (κ1) is 18.0. The van der Waals surface area contributed by atoms with Gasteiger partial charge in [-0.2, -0.15) is 0 Å². The molecule has 7 heteroatoms. The summed E-state index contributed by atoms with van der Waals surface area (Å²) in [6.45, 7) is 5.12. The van der Waals surface area contributed by atoms with Gasteiger partial charge in [0.2, 0.25) is 5.91 Å². The molecule has 144 valence electrons. The number of carbonyl (C=O) groups excluding carboxylic acids is 1. The average Bonchev–Trinajstić information content (AvgIpc) is 2.70. The first-order valence-corrected chi connectivity index (χ1v) is 9.58. The lowest BCUT2D eigenvalue weighted by Crippen LogP contribution is -2.40. The lowest BCUT2D eigenvalue weighted by Gasteiger charge is -2.35. The molecule has 1 amide bonds. The van der Waals surface area contributed by atoms with Crippen molar-refractivity contribution in [3.63, 3.8) is 0 Å². The molecule has 2 fully saturated rings. The molecule has 2 aromatic rings. The van der Waals surface area contributed by atoms with E-state index in [1.54, 1.807) is 12.5 Å². The van der Waals surface area contributed by atoms with Crippen molar-refractivity contribution >= 4 is 22.5 Å². The minimum atomic E-state index is -0.416. The average molecular weight is 370 g/mol. The Morgan fingerprint density at radius 3 is 2.74 bits per heavy atom. The van der Waals surface area contributed by atoms with Gasteiger partial charge in [-0.25, -0.2) is 9.97 Å². The normalized spacial score (nSPS) is 26.1. The number of nitrogens with zero attached hydrogens (tertiary/aromatic N) is 3. The highest BCUT2D eigenvalue weighted by Gasteiger charge is 2.36. The van der Waals surface area contributed by atoms with Gasteiger partial charge in [-0.15, -0.1) is 0 Å². The van der Waals surface area contributed by atoms with Crippen LogP contribution in [-0.4, -0.2) is 48.3 Å². The number of nitrogens with two attached hydrogens (primary N) is 1. The van der Waals surface area contributed by atoms with Crippen molar-refractivity contribution < 1.29 is 14.3 Å². The van der Waals surface area contributed by atoms with Gasteiger partial charge in [0.05, 0.1) is 30.2 Å². The number of primary amides is 1. The molecule has 4 rings (SSSR count). The van der Waals surface area contributed by atoms with Crippen LogP contribution >= 0.6 is 0 Å². The highest BCUT2D eigenvalue weighted by Crippen LogP contribution is 2.39. The summed E-state index contributed by atoms with van der Waals surface area (Å²) < 4.78 is 11.8. The van der Waals surface area contributed by atoms with Crippen LogP contribution < -0.4 is 15.4 Å². The summed E-state index contributed by atoms with van der Waals surface area (Å²) >= 11 is 0. The van der Waals surface area contributed by atoms with Crippen molar-refractivity contribution in [3.05, 3.63) is 24.7 Å². The van der Waals surface area contributed by atoms with Crippen molar-refractivity contribution in [2.75, 3.05) is 31.2 Å². The fourth-order valence-corrected chi connectivity index (χ4v) is 3.91. The number of amides is 1. The van der Waals surface area contributed by atoms with Crippen LogP contribution in [0.5, 0.6) is 5.75 Å². The number of benzene rings is 1. The lowest BCUT2D eigenvalue weighted by atomic mass is 9.74. The molecule has 1 aromatic carbocycles. The number of carbonyl (C=O) groups is 1. The molecular formula is C20H26N4O3. The summed E-state index contributed by atoms with van der Waals surface area (Å²) in [4.78, 5) is 22.6. The molecule has 0 atom stereocenters. The van der Waals surface area contributed by atoms with E-state index in [9.17, 15) is 4.79 Å². The first-order chi connectivity index (χ1) is 13.0. The molecule has 2 aliphatic rings. The summed E-state index contributed by atoms with van der Waals surface area (Å²) in [5.74, 6) is 0.594. The van der Waals surface area contributed by atoms with Crippen molar-refractivity contribution in [1.29, 1.82) is 0 Å². The molecule has 7 nitrogen and oxygen atoms in total. The van der Waals surface area contributed by atoms with Gasteiger partial charge in [0.25, 0.3) is 0 Å². The molecule has 1 aliphatic heterocycles. The predicted octanol–water partition coefficient (Wildman–Crippen LogP) is 2.28. The van der Waals surface area contributed by atoms with E-state index < -0.39 is 5.41 Å². The number of ether oxygens (including phenoxy) is 2. The third-order valence-corrected chi connectivity index (χ3v) is 5.87. The zero-order valence-corrected chi connectivity index (χ0v) is 15.7. The molecule has 1 aliphatic carbocycles. The number of anilines is 1. The molecule has 0 unspecified atom stereocenters. The summed E-state index contributed by atoms with van der Waals surface area (Å²) in [7, 11) is 0. The summed E-state index contributed by atoms with van der Waals surface area (Å²) in [6, 6.07) is 4.17. The number of hydrogen-bond donors (Lipinski definition) is 1. The largest absolute Gasteiger partial charge is 0.490 e. The third-order valence-electron chi connectivity index (χ3n) is 5.87. The Morgan fingerprint density at radius 1 is 1.30 bits per heavy atom. The fourth-order valence-electron chi connectivity index (χ4n) is 3.91. The fraction of sp³-hybridized carbons (Fsp3) is 0.550. The maximum absolute atomic E-state index is 11.7. The lowest BCUT2D eigenvalue weighted by molar-refractivity contribution is -0.129. The van der Waals surface area contributed by atoms with Crippen LogP contribution in [0.4, 0.5) is 5.69 Å². The van der Waals surface area contributed by atoms with Crippen LogP contribution in [0, 0.1) is 5.41 Å². The smallest absolute Gasteiger partial charge is 0.223 e. The van der Waals surface area contributed by atoms with Gasteiger partial charge in [-0.05, 0) is 31.7 Å². The highest BCUT2D eigenvalue weighted by molar-refractivity contribution is 5.88. The number of fused-ring (bicyclic) bond motifs is 1. The number of hydrogen-bond acceptors (Lipinski definition) is 6. The van der Waals surface area contributed by atoms with E-state index in [-0.39, 0.29) is 12.0 Å². The molecule has 2 N–H and O–H groups in total. The summed E-state index contributed by atoms with van der Waals surface area (Å²) in [5, 5.41) is 0.915. The molecule has 0 bridgehead atoms. The Kier molecular flexibility index (Phi) is 4.86. The Labute approximate surface area is 158 Å². The Balaban J connectivity index is 1.58. The Morgan fingerprint density at radius 2 is 2.04 bits per heavy atom. The monoisotopic (exact) mass is 370 g/mol. The third kappa shape index (κ3) is 3.69. The van der Waals surface area contributed by atoms with Crippen molar-refractivity contribution in [1.82, 2.24) is 9.97 Å². The molecule has 2 heterocycles. The van der Waals surface area contributed by atoms with Gasteiger partial charge in [0.15, 0.2) is 0 Å². The maximum atomic E-state index is 11.7. The van der Waals surface area contributed by atoms with Crippen molar-refractivity contribution in [2.45, 2.75) is 38.7 Å². The second-order valence-corrected chi connectivity index (χ2v) is 7.74. The topological polar surface area (TPSA) is 90.6 Å². The van der Waals surface area contributed by atoms with Crippen LogP contribution in [0.1, 0.15) is 32.6 Å². The molecule has 1 aromatic heterocycles. The molecule has 0 spiro atoms. The minimum absolute atomic E-state index is 0.0702. The van der Waals surface area contributed by atoms with E-state index in [2.05, 4.69) is 27.0 Å². The van der Waals surface area contributed by atoms with E-state index in [4.69, 9.17) is 15.2 Å². The molecule has 27 heavy (non-hydrogen) atoms. The van der Waals surface area contributed by atoms with E-state index in [0.29, 0.717) is 0 Å². The maximum Gasteiger partial charge on any atom is 0.223 e. The number of aromatic nitrogens is 2. The Bertz CT molecular complexity index is 827. The van der Waals surface area contributed by atoms with E-state index in [1.165, 1.54) is 0 Å². The standard InChI is InChI=1S/C20H26N4O3/c1-20(19(21)25)4-2-15(3-5-20)27-18-11-14(24-6-8-26-9-7-24)10-17-16(18)12-22-13-23-17/h10-13,15H,2-9H2,1H3,(H2,21,25). The van der Waals surface area contributed by atoms with Gasteiger partial charge < -0.3 is 20.1 Å². The van der Waals surface area contributed by atoms with Crippen LogP contribution in [-0.2, 0) is 9.53 Å². The van der Waals surface area contributed by atoms with Gasteiger partial charge in [-0.3, -0.25) is 4.79 Å². The van der Waals surface area contributed by atoms with E-state index >= 15 is 0 Å². The zero-order valence-electron chi connectivity index (χ0n) is 15.7. The molecular weight excluding hydrogens is 344 g/mol. The van der Waals surface area contributed by atoms with Gasteiger partial charge in [0, 0.05) is 36.5 Å². The van der Waals surface area contributed by atoms with Crippen molar-refractivity contribution in [3.8, 4) is 5.75 Å². The van der Waals surface area contributed by atoms with Crippen molar-refractivity contribution in [2.24, 2.45) is 11.1 Å². The zero-order chi connectivity index (χ0) is 18.9. The minimum Gasteiger partial charge on any atom is -0.490 e. The van der Waals surface area contributed by atoms with Gasteiger partial charge in [0.1, 0.15) is 12.1 Å². The van der Waals surface area contributed by atoms with Crippen LogP contribution in [0.25, 0.3) is 10.9 Å². The van der Waals surface area contributed by atoms with Crippen LogP contribution in [0.15, 0.2) is 24.7 Å². The van der Waals surface area contributed by atoms with E-state index in [1.807, 2.05) is 6.92 Å². The second-order valence-electron chi connectivity index (χ2n) is 7.74. The second kappa shape index (κ2) is 7.31. The SMILES string of the molecule is CC1(C(N)=O)CCC(Oc2cc(N3CCOCC3)cc3ncncc23)CC1. The van der Waals surface area contributed by atoms with Crippen LogP contribution in [0.3, 0.4) is 0 Å². The van der Waals surface area contributed by atoms with Gasteiger partial charge in [-0.1, -0.05) is 6.92 Å². The molecule has 1 saturated carbocycles. The predicted molar refractivity (Wildman–Crippen MR) is 103 cm³/mol. The van der Waals surface area contributed by atoms with Gasteiger partial charge >= 0.3 is 0 Å². The summed E-state index contributed by atoms with van der Waals surface area (Å²) in [5.41, 5.74) is 7.12. The highest BCUT2D eigenvalue weighted by atomic mass is 16.5. The number of morpholine rings is 1. The molecule has 1 saturated heterocycles. The Hall–Kier alpha value is -2.41. The van der Waals surface area contributed by atoms with E-state index in [0.717, 1.165) is 74.3 Å².